The van der Waals surface area contributed by atoms with Gasteiger partial charge < -0.3 is 15.7 Å². The first-order valence-electron chi connectivity index (χ1n) is 5.87. The number of benzene rings is 1. The van der Waals surface area contributed by atoms with Crippen molar-refractivity contribution in [2.75, 3.05) is 23.7 Å². The van der Waals surface area contributed by atoms with Crippen molar-refractivity contribution in [1.29, 1.82) is 0 Å². The van der Waals surface area contributed by atoms with Crippen LogP contribution in [0, 0.1) is 12.8 Å². The summed E-state index contributed by atoms with van der Waals surface area (Å²) in [5.41, 5.74) is 8.95. The first-order chi connectivity index (χ1) is 7.58. The van der Waals surface area contributed by atoms with Gasteiger partial charge in [-0.1, -0.05) is 13.0 Å². The third kappa shape index (κ3) is 2.14. The highest BCUT2D eigenvalue weighted by Gasteiger charge is 2.24. The molecule has 0 radical (unpaired) electrons. The molecule has 1 saturated heterocycles. The summed E-state index contributed by atoms with van der Waals surface area (Å²) in [5.74, 6) is 0.402. The summed E-state index contributed by atoms with van der Waals surface area (Å²) < 4.78 is 0. The number of nitrogen functional groups attached to an aromatic ring is 1. The van der Waals surface area contributed by atoms with E-state index in [0.717, 1.165) is 29.9 Å². The van der Waals surface area contributed by atoms with E-state index in [1.807, 2.05) is 19.1 Å². The number of hydrogen-bond donors (Lipinski definition) is 2. The molecule has 0 spiro atoms. The molecule has 1 aromatic carbocycles. The van der Waals surface area contributed by atoms with Crippen molar-refractivity contribution >= 4 is 11.4 Å². The Morgan fingerprint density at radius 3 is 2.81 bits per heavy atom. The number of aliphatic hydroxyl groups excluding tert-OH is 1. The van der Waals surface area contributed by atoms with Crippen LogP contribution in [0.3, 0.4) is 0 Å². The second-order valence-electron chi connectivity index (χ2n) is 4.82. The second kappa shape index (κ2) is 4.34. The van der Waals surface area contributed by atoms with Crippen molar-refractivity contribution < 1.29 is 5.11 Å². The lowest BCUT2D eigenvalue weighted by Gasteiger charge is -2.36. The number of aliphatic hydroxyl groups is 1. The first kappa shape index (κ1) is 11.3. The van der Waals surface area contributed by atoms with Crippen LogP contribution < -0.4 is 10.6 Å². The molecule has 1 aliphatic heterocycles. The molecule has 2 atom stereocenters. The van der Waals surface area contributed by atoms with Gasteiger partial charge in [0.15, 0.2) is 0 Å². The molecular weight excluding hydrogens is 200 g/mol. The van der Waals surface area contributed by atoms with Crippen LogP contribution in [-0.4, -0.2) is 24.3 Å². The van der Waals surface area contributed by atoms with Gasteiger partial charge in [-0.25, -0.2) is 0 Å². The summed E-state index contributed by atoms with van der Waals surface area (Å²) in [7, 11) is 0. The molecule has 0 aromatic heterocycles. The topological polar surface area (TPSA) is 49.5 Å². The Balaban J connectivity index is 2.15. The van der Waals surface area contributed by atoms with Crippen LogP contribution in [0.2, 0.25) is 0 Å². The van der Waals surface area contributed by atoms with Gasteiger partial charge in [0.05, 0.1) is 6.10 Å². The molecule has 1 aliphatic rings. The second-order valence-corrected chi connectivity index (χ2v) is 4.82. The molecular formula is C13H20N2O. The van der Waals surface area contributed by atoms with Crippen molar-refractivity contribution in [3.8, 4) is 0 Å². The predicted molar refractivity (Wildman–Crippen MR) is 67.6 cm³/mol. The Labute approximate surface area is 96.9 Å². The SMILES string of the molecule is Cc1ccc(N2CCC(C)C(O)C2)cc1N. The van der Waals surface area contributed by atoms with Crippen LogP contribution in [0.25, 0.3) is 0 Å². The van der Waals surface area contributed by atoms with E-state index in [-0.39, 0.29) is 6.10 Å². The van der Waals surface area contributed by atoms with Crippen LogP contribution in [0.1, 0.15) is 18.9 Å². The molecule has 2 unspecified atom stereocenters. The van der Waals surface area contributed by atoms with E-state index in [9.17, 15) is 5.11 Å². The Hall–Kier alpha value is -1.22. The summed E-state index contributed by atoms with van der Waals surface area (Å²) in [4.78, 5) is 2.21. The summed E-state index contributed by atoms with van der Waals surface area (Å²) in [6, 6.07) is 6.11. The van der Waals surface area contributed by atoms with Gasteiger partial charge in [-0.05, 0) is 37.0 Å². The highest BCUT2D eigenvalue weighted by Crippen LogP contribution is 2.26. The third-order valence-electron chi connectivity index (χ3n) is 3.55. The highest BCUT2D eigenvalue weighted by molar-refractivity contribution is 5.60. The number of rotatable bonds is 1. The van der Waals surface area contributed by atoms with E-state index >= 15 is 0 Å². The first-order valence-corrected chi connectivity index (χ1v) is 5.87. The molecule has 0 aliphatic carbocycles. The van der Waals surface area contributed by atoms with Gasteiger partial charge in [-0.15, -0.1) is 0 Å². The average Bonchev–Trinajstić information content (AvgIpc) is 2.26. The molecule has 88 valence electrons. The molecule has 2 rings (SSSR count). The fourth-order valence-electron chi connectivity index (χ4n) is 2.11. The lowest BCUT2D eigenvalue weighted by atomic mass is 9.95. The summed E-state index contributed by atoms with van der Waals surface area (Å²) in [5, 5.41) is 9.86. The van der Waals surface area contributed by atoms with Gasteiger partial charge in [0.2, 0.25) is 0 Å². The smallest absolute Gasteiger partial charge is 0.0741 e. The molecule has 1 heterocycles. The van der Waals surface area contributed by atoms with Crippen LogP contribution >= 0.6 is 0 Å². The van der Waals surface area contributed by atoms with E-state index in [1.54, 1.807) is 0 Å². The molecule has 0 amide bonds. The number of nitrogens with zero attached hydrogens (tertiary/aromatic N) is 1. The fraction of sp³-hybridized carbons (Fsp3) is 0.538. The zero-order chi connectivity index (χ0) is 11.7. The number of piperidine rings is 1. The third-order valence-corrected chi connectivity index (χ3v) is 3.55. The lowest BCUT2D eigenvalue weighted by Crippen LogP contribution is -2.42. The maximum atomic E-state index is 9.86. The molecule has 1 fully saturated rings. The van der Waals surface area contributed by atoms with Crippen LogP contribution in [0.5, 0.6) is 0 Å². The van der Waals surface area contributed by atoms with Gasteiger partial charge in [0.1, 0.15) is 0 Å². The largest absolute Gasteiger partial charge is 0.398 e. The normalized spacial score (nSPS) is 25.8. The van der Waals surface area contributed by atoms with Crippen LogP contribution in [0.15, 0.2) is 18.2 Å². The maximum absolute atomic E-state index is 9.86. The molecule has 0 bridgehead atoms. The summed E-state index contributed by atoms with van der Waals surface area (Å²) in [6.45, 7) is 5.82. The summed E-state index contributed by atoms with van der Waals surface area (Å²) in [6.07, 6.45) is 0.811. The Morgan fingerprint density at radius 2 is 2.19 bits per heavy atom. The molecule has 1 aromatic rings. The minimum absolute atomic E-state index is 0.226. The van der Waals surface area contributed by atoms with E-state index in [1.165, 1.54) is 0 Å². The standard InChI is InChI=1S/C13H20N2O/c1-9-3-4-11(7-12(9)14)15-6-5-10(2)13(16)8-15/h3-4,7,10,13,16H,5-6,8,14H2,1-2H3. The molecule has 3 N–H and O–H groups in total. The molecule has 3 nitrogen and oxygen atoms in total. The van der Waals surface area contributed by atoms with Crippen LogP contribution in [-0.2, 0) is 0 Å². The predicted octanol–water partition coefficient (Wildman–Crippen LogP) is 1.78. The number of β-amino-alcohol motifs (C(OH)–C–C–N with tert-alkyl or cyclic N) is 1. The fourth-order valence-corrected chi connectivity index (χ4v) is 2.11. The Morgan fingerprint density at radius 1 is 1.44 bits per heavy atom. The maximum Gasteiger partial charge on any atom is 0.0741 e. The Bertz CT molecular complexity index is 378. The van der Waals surface area contributed by atoms with E-state index < -0.39 is 0 Å². The van der Waals surface area contributed by atoms with E-state index in [2.05, 4.69) is 17.9 Å². The summed E-state index contributed by atoms with van der Waals surface area (Å²) >= 11 is 0. The molecule has 0 saturated carbocycles. The Kier molecular flexibility index (Phi) is 3.06. The number of aryl methyl sites for hydroxylation is 1. The zero-order valence-corrected chi connectivity index (χ0v) is 9.98. The number of nitrogens with two attached hydrogens (primary N) is 1. The molecule has 3 heteroatoms. The van der Waals surface area contributed by atoms with Crippen molar-refractivity contribution in [3.63, 3.8) is 0 Å². The van der Waals surface area contributed by atoms with Gasteiger partial charge in [0, 0.05) is 24.5 Å². The van der Waals surface area contributed by atoms with Crippen molar-refractivity contribution in [2.45, 2.75) is 26.4 Å². The highest BCUT2D eigenvalue weighted by atomic mass is 16.3. The minimum Gasteiger partial charge on any atom is -0.398 e. The minimum atomic E-state index is -0.226. The lowest BCUT2D eigenvalue weighted by molar-refractivity contribution is 0.103. The van der Waals surface area contributed by atoms with Crippen LogP contribution in [0.4, 0.5) is 11.4 Å². The van der Waals surface area contributed by atoms with Crippen molar-refractivity contribution in [3.05, 3.63) is 23.8 Å². The quantitative estimate of drug-likeness (QED) is 0.709. The van der Waals surface area contributed by atoms with Crippen molar-refractivity contribution in [1.82, 2.24) is 0 Å². The average molecular weight is 220 g/mol. The van der Waals surface area contributed by atoms with Gasteiger partial charge >= 0.3 is 0 Å². The molecule has 16 heavy (non-hydrogen) atoms. The van der Waals surface area contributed by atoms with Crippen molar-refractivity contribution in [2.24, 2.45) is 5.92 Å². The van der Waals surface area contributed by atoms with Gasteiger partial charge in [0.25, 0.3) is 0 Å². The number of anilines is 2. The zero-order valence-electron chi connectivity index (χ0n) is 9.98. The number of hydrogen-bond acceptors (Lipinski definition) is 3. The monoisotopic (exact) mass is 220 g/mol. The van der Waals surface area contributed by atoms with Gasteiger partial charge in [-0.3, -0.25) is 0 Å². The van der Waals surface area contributed by atoms with E-state index in [4.69, 9.17) is 5.73 Å². The van der Waals surface area contributed by atoms with E-state index in [0.29, 0.717) is 12.5 Å². The van der Waals surface area contributed by atoms with Gasteiger partial charge in [-0.2, -0.15) is 0 Å².